The summed E-state index contributed by atoms with van der Waals surface area (Å²) in [6.07, 6.45) is -1.73. The van der Waals surface area contributed by atoms with Crippen LogP contribution in [0.5, 0.6) is 11.5 Å². The van der Waals surface area contributed by atoms with E-state index in [1.807, 2.05) is 0 Å². The average Bonchev–Trinajstić information content (AvgIpc) is 0.881. The van der Waals surface area contributed by atoms with Crippen molar-refractivity contribution >= 4 is 76.1 Å². The lowest BCUT2D eigenvalue weighted by Gasteiger charge is -2.36. The number of sulfonamides is 3. The molecule has 0 saturated heterocycles. The van der Waals surface area contributed by atoms with Gasteiger partial charge in [-0.1, -0.05) is 40.2 Å². The fourth-order valence-electron chi connectivity index (χ4n) is 8.48. The first-order valence-electron chi connectivity index (χ1n) is 26.3. The van der Waals surface area contributed by atoms with Gasteiger partial charge in [0, 0.05) is 54.4 Å². The second-order valence-corrected chi connectivity index (χ2v) is 29.6. The van der Waals surface area contributed by atoms with Crippen molar-refractivity contribution in [3.05, 3.63) is 165 Å². The molecule has 0 unspecified atom stereocenters. The molecular weight excluding hydrogens is 1290 g/mol. The number of aromatic hydroxyl groups is 1. The monoisotopic (exact) mass is 1360 g/mol. The number of phenols is 1. The summed E-state index contributed by atoms with van der Waals surface area (Å²) in [5, 5.41) is 22.5. The summed E-state index contributed by atoms with van der Waals surface area (Å²) >= 11 is 3.25. The van der Waals surface area contributed by atoms with Crippen LogP contribution in [0.2, 0.25) is 0 Å². The number of guanidine groups is 3. The number of rotatable bonds is 7. The Kier molecular flexibility index (Phi) is 22.2. The summed E-state index contributed by atoms with van der Waals surface area (Å²) in [6.45, 7) is 14.2. The fraction of sp³-hybridized carbons (Fsp3) is 0.386. The number of carbonyl (C=O) groups excluding carboxylic acids is 2. The van der Waals surface area contributed by atoms with E-state index in [4.69, 9.17) is 25.1 Å². The van der Waals surface area contributed by atoms with Crippen molar-refractivity contribution in [2.24, 2.45) is 20.7 Å². The number of carbonyl (C=O) groups is 2. The smallest absolute Gasteiger partial charge is 0.414 e. The standard InChI is InChI=1S/C18H19F2N3O3S.C17H24FN3O5S.C16H21BrFN3O4S.C6H5FO/c1-18(11-27(24,25)23(2)17(21)22-18)15-8-12(6-7-16(15)20)10-26-14-5-3-4-13(19)9-14;1-16(2,3)26-15(23)19-14-20-17(4,10-27(24,25)21(14)5)12-8-11(9-22)6-7-13(12)18;1-15(2,3)25-14(22)19-13-20-16(4,9-26(23,24)21(13)5)11-8-10(17)6-7-12(11)18;7-5-2-1-3-6(8)4-5/h3-9H,10-11H2,1-2H3,(H2,21,22);6-8,22H,9-10H2,1-5H3,(H,19,20,23);6-8H,9H2,1-5H3,(H,19,20,22);1-4,8H/t18-;17-;16-;/m000./s1. The minimum Gasteiger partial charge on any atom is -0.508 e. The third-order valence-electron chi connectivity index (χ3n) is 12.8. The van der Waals surface area contributed by atoms with Crippen molar-refractivity contribution in [2.75, 3.05) is 38.4 Å². The summed E-state index contributed by atoms with van der Waals surface area (Å²) in [7, 11) is -7.64. The predicted molar refractivity (Wildman–Crippen MR) is 324 cm³/mol. The third-order valence-corrected chi connectivity index (χ3v) is 19.1. The lowest BCUT2D eigenvalue weighted by Crippen LogP contribution is -2.54. The first-order valence-corrected chi connectivity index (χ1v) is 31.9. The maximum Gasteiger partial charge on any atom is 0.414 e. The number of aliphatic imine (C=N–C) groups is 3. The number of alkyl carbamates (subject to hydrolysis) is 2. The Morgan fingerprint density at radius 3 is 1.40 bits per heavy atom. The van der Waals surface area contributed by atoms with Crippen molar-refractivity contribution in [2.45, 2.75) is 103 Å². The van der Waals surface area contributed by atoms with Crippen molar-refractivity contribution in [3.63, 3.8) is 0 Å². The van der Waals surface area contributed by atoms with Crippen molar-refractivity contribution < 1.29 is 81.2 Å². The molecule has 0 radical (unpaired) electrons. The first kappa shape index (κ1) is 71.1. The van der Waals surface area contributed by atoms with Gasteiger partial charge in [-0.25, -0.2) is 84.7 Å². The van der Waals surface area contributed by atoms with Crippen LogP contribution in [0.4, 0.5) is 31.5 Å². The highest BCUT2D eigenvalue weighted by Gasteiger charge is 2.46. The van der Waals surface area contributed by atoms with E-state index in [0.717, 1.165) is 25.0 Å². The van der Waals surface area contributed by atoms with Gasteiger partial charge in [0.05, 0.1) is 23.9 Å². The topological polar surface area (TPSA) is 302 Å². The van der Waals surface area contributed by atoms with Crippen LogP contribution >= 0.6 is 15.9 Å². The van der Waals surface area contributed by atoms with Crippen LogP contribution in [-0.2, 0) is 69.4 Å². The molecule has 2 amide bonds. The van der Waals surface area contributed by atoms with E-state index in [1.165, 1.54) is 127 Å². The van der Waals surface area contributed by atoms with Crippen molar-refractivity contribution in [1.29, 1.82) is 0 Å². The summed E-state index contributed by atoms with van der Waals surface area (Å²) in [4.78, 5) is 36.9. The second kappa shape index (κ2) is 27.4. The van der Waals surface area contributed by atoms with Gasteiger partial charge in [-0.2, -0.15) is 0 Å². The molecule has 0 aliphatic carbocycles. The molecule has 3 heterocycles. The van der Waals surface area contributed by atoms with E-state index in [2.05, 4.69) is 41.5 Å². The highest BCUT2D eigenvalue weighted by Crippen LogP contribution is 2.38. The van der Waals surface area contributed by atoms with Gasteiger partial charge in [-0.3, -0.25) is 10.6 Å². The molecule has 88 heavy (non-hydrogen) atoms. The van der Waals surface area contributed by atoms with Gasteiger partial charge in [-0.05, 0) is 140 Å². The number of phenolic OH excluding ortho intramolecular Hbond substituents is 1. The Morgan fingerprint density at radius 1 is 0.591 bits per heavy atom. The van der Waals surface area contributed by atoms with Crippen LogP contribution in [0.3, 0.4) is 0 Å². The van der Waals surface area contributed by atoms with Gasteiger partial charge in [0.2, 0.25) is 47.9 Å². The van der Waals surface area contributed by atoms with E-state index >= 15 is 0 Å². The molecule has 0 bridgehead atoms. The largest absolute Gasteiger partial charge is 0.508 e. The summed E-state index contributed by atoms with van der Waals surface area (Å²) in [6, 6.07) is 23.2. The Bertz CT molecular complexity index is 3860. The highest BCUT2D eigenvalue weighted by molar-refractivity contribution is 9.10. The molecule has 0 aromatic heterocycles. The van der Waals surface area contributed by atoms with Gasteiger partial charge >= 0.3 is 12.2 Å². The number of hydrogen-bond donors (Lipinski definition) is 5. The van der Waals surface area contributed by atoms with Gasteiger partial charge in [0.1, 0.15) is 75.0 Å². The number of amides is 2. The molecule has 3 aliphatic rings. The third kappa shape index (κ3) is 19.0. The van der Waals surface area contributed by atoms with Crippen LogP contribution in [-0.4, -0.2) is 128 Å². The molecule has 6 N–H and O–H groups in total. The van der Waals surface area contributed by atoms with Crippen LogP contribution in [0.1, 0.15) is 90.1 Å². The van der Waals surface area contributed by atoms with E-state index < -0.39 is 116 Å². The maximum atomic E-state index is 14.5. The quantitative estimate of drug-likeness (QED) is 0.0955. The molecule has 0 saturated carbocycles. The van der Waals surface area contributed by atoms with Gasteiger partial charge in [-0.15, -0.1) is 0 Å². The molecule has 3 aliphatic heterocycles. The van der Waals surface area contributed by atoms with Crippen LogP contribution < -0.4 is 21.1 Å². The lowest BCUT2D eigenvalue weighted by molar-refractivity contribution is 0.0546. The molecule has 8 rings (SSSR count). The van der Waals surface area contributed by atoms with Crippen LogP contribution in [0.15, 0.2) is 123 Å². The zero-order valence-electron chi connectivity index (χ0n) is 50.0. The molecule has 3 atom stereocenters. The van der Waals surface area contributed by atoms with Gasteiger partial charge in [0.25, 0.3) is 0 Å². The Labute approximate surface area is 516 Å². The summed E-state index contributed by atoms with van der Waals surface area (Å²) in [5.74, 6) is -4.45. The molecule has 31 heteroatoms. The van der Waals surface area contributed by atoms with E-state index in [0.29, 0.717) is 21.3 Å². The minimum atomic E-state index is -3.89. The molecule has 0 spiro atoms. The summed E-state index contributed by atoms with van der Waals surface area (Å²) < 4.78 is 162. The molecule has 5 aromatic carbocycles. The fourth-order valence-corrected chi connectivity index (χ4v) is 13.2. The average molecular weight is 1360 g/mol. The van der Waals surface area contributed by atoms with Crippen LogP contribution in [0, 0.1) is 29.1 Å². The SMILES string of the molecule is CN1C(N)=N[C@](C)(c2cc(COc3cccc(F)c3)ccc2F)CS1(=O)=O.CN1C(NC(=O)OC(C)(C)C)=N[C@](C)(c2cc(Br)ccc2F)CS1(=O)=O.CN1C(NC(=O)OC(C)(C)C)=N[C@](C)(c2cc(CO)ccc2F)CS1(=O)=O.Oc1cccc(F)c1. The number of hydrogen-bond acceptors (Lipinski definition) is 17. The Hall–Kier alpha value is -7.61. The number of nitrogens with zero attached hydrogens (tertiary/aromatic N) is 6. The predicted octanol–water partition coefficient (Wildman–Crippen LogP) is 8.53. The number of aliphatic hydroxyl groups excluding tert-OH is 1. The zero-order chi connectivity index (χ0) is 66.3. The number of aliphatic hydroxyl groups is 1. The Balaban J connectivity index is 0.000000225. The number of nitrogens with one attached hydrogen (secondary N) is 2. The maximum absolute atomic E-state index is 14.5. The normalized spacial score (nSPS) is 20.9. The van der Waals surface area contributed by atoms with Gasteiger partial charge in [0.15, 0.2) is 0 Å². The van der Waals surface area contributed by atoms with E-state index in [1.54, 1.807) is 47.6 Å². The summed E-state index contributed by atoms with van der Waals surface area (Å²) in [5.41, 5.74) is 1.10. The van der Waals surface area contributed by atoms with Crippen molar-refractivity contribution in [1.82, 2.24) is 23.5 Å². The molecule has 22 nitrogen and oxygen atoms in total. The van der Waals surface area contributed by atoms with Gasteiger partial charge < -0.3 is 30.2 Å². The molecular formula is C57H69BrF5N9O13S3. The molecule has 5 aromatic rings. The number of benzene rings is 5. The molecule has 480 valence electrons. The second-order valence-electron chi connectivity index (χ2n) is 22.7. The van der Waals surface area contributed by atoms with Crippen LogP contribution in [0.25, 0.3) is 0 Å². The first-order chi connectivity index (χ1) is 40.4. The lowest BCUT2D eigenvalue weighted by atomic mass is 9.92. The van der Waals surface area contributed by atoms with E-state index in [9.17, 15) is 61.9 Å². The van der Waals surface area contributed by atoms with Crippen molar-refractivity contribution in [3.8, 4) is 11.5 Å². The number of halogens is 6. The zero-order valence-corrected chi connectivity index (χ0v) is 54.0. The number of ether oxygens (including phenoxy) is 3. The molecule has 0 fully saturated rings. The number of nitrogens with two attached hydrogens (primary N) is 1. The Morgan fingerprint density at radius 2 is 0.989 bits per heavy atom. The highest BCUT2D eigenvalue weighted by atomic mass is 79.9. The van der Waals surface area contributed by atoms with E-state index in [-0.39, 0.29) is 53.5 Å². The minimum absolute atomic E-state index is 0.00853.